The number of hydrogen-bond donors (Lipinski definition) is 2. The molecule has 7 nitrogen and oxygen atoms in total. The largest absolute Gasteiger partial charge is 0.468 e. The Hall–Kier alpha value is -1.64. The van der Waals surface area contributed by atoms with Crippen molar-refractivity contribution in [2.45, 2.75) is 30.8 Å². The van der Waals surface area contributed by atoms with Gasteiger partial charge in [0.25, 0.3) is 0 Å². The number of aliphatic hydroxyl groups is 1. The minimum Gasteiger partial charge on any atom is -0.468 e. The second-order valence-corrected chi connectivity index (χ2v) is 6.09. The molecule has 2 rings (SSSR count). The molecule has 0 amide bonds. The lowest BCUT2D eigenvalue weighted by Crippen LogP contribution is -2.26. The van der Waals surface area contributed by atoms with Crippen LogP contribution in [0.2, 0.25) is 0 Å². The molecule has 110 valence electrons. The van der Waals surface area contributed by atoms with E-state index in [1.54, 1.807) is 19.1 Å². The highest BCUT2D eigenvalue weighted by Gasteiger charge is 2.21. The highest BCUT2D eigenvalue weighted by atomic mass is 32.2. The van der Waals surface area contributed by atoms with Crippen LogP contribution in [0, 0.1) is 0 Å². The van der Waals surface area contributed by atoms with Crippen molar-refractivity contribution >= 4 is 10.0 Å². The SMILES string of the molecule is CC(NS(=O)(=O)c1cnn(CCCO)c1)c1ccco1. The van der Waals surface area contributed by atoms with E-state index >= 15 is 0 Å². The van der Waals surface area contributed by atoms with Crippen molar-refractivity contribution < 1.29 is 17.9 Å². The third kappa shape index (κ3) is 3.47. The molecule has 2 N–H and O–H groups in total. The van der Waals surface area contributed by atoms with E-state index in [9.17, 15) is 8.42 Å². The van der Waals surface area contributed by atoms with Gasteiger partial charge in [-0.15, -0.1) is 0 Å². The van der Waals surface area contributed by atoms with E-state index in [1.165, 1.54) is 23.3 Å². The number of aliphatic hydroxyl groups excluding tert-OH is 1. The Labute approximate surface area is 117 Å². The topological polar surface area (TPSA) is 97.4 Å². The first kappa shape index (κ1) is 14.8. The number of aryl methyl sites for hydroxylation is 1. The molecule has 0 saturated carbocycles. The fourth-order valence-electron chi connectivity index (χ4n) is 1.73. The van der Waals surface area contributed by atoms with Crippen LogP contribution in [-0.4, -0.2) is 29.9 Å². The molecule has 0 aliphatic heterocycles. The fraction of sp³-hybridized carbons (Fsp3) is 0.417. The summed E-state index contributed by atoms with van der Waals surface area (Å²) in [5.74, 6) is 0.543. The molecule has 0 bridgehead atoms. The van der Waals surface area contributed by atoms with Crippen molar-refractivity contribution in [3.63, 3.8) is 0 Å². The molecule has 0 radical (unpaired) electrons. The number of nitrogens with zero attached hydrogens (tertiary/aromatic N) is 2. The van der Waals surface area contributed by atoms with Gasteiger partial charge in [-0.1, -0.05) is 0 Å². The van der Waals surface area contributed by atoms with Gasteiger partial charge in [-0.3, -0.25) is 4.68 Å². The Balaban J connectivity index is 2.08. The van der Waals surface area contributed by atoms with Crippen LogP contribution in [0.4, 0.5) is 0 Å². The minimum absolute atomic E-state index is 0.0374. The molecule has 0 fully saturated rings. The maximum absolute atomic E-state index is 12.2. The molecule has 0 aliphatic rings. The van der Waals surface area contributed by atoms with Gasteiger partial charge >= 0.3 is 0 Å². The average Bonchev–Trinajstić information content (AvgIpc) is 3.07. The number of sulfonamides is 1. The van der Waals surface area contributed by atoms with Gasteiger partial charge in [0.05, 0.1) is 18.5 Å². The third-order valence-electron chi connectivity index (χ3n) is 2.77. The zero-order valence-corrected chi connectivity index (χ0v) is 11.9. The lowest BCUT2D eigenvalue weighted by atomic mass is 10.3. The predicted octanol–water partition coefficient (Wildman–Crippen LogP) is 0.898. The van der Waals surface area contributed by atoms with E-state index in [2.05, 4.69) is 9.82 Å². The summed E-state index contributed by atoms with van der Waals surface area (Å²) < 4.78 is 33.5. The summed E-state index contributed by atoms with van der Waals surface area (Å²) >= 11 is 0. The Kier molecular flexibility index (Phi) is 4.58. The van der Waals surface area contributed by atoms with Gasteiger partial charge in [0, 0.05) is 19.3 Å². The van der Waals surface area contributed by atoms with Gasteiger partial charge in [0.1, 0.15) is 10.7 Å². The summed E-state index contributed by atoms with van der Waals surface area (Å²) in [7, 11) is -3.65. The number of furan rings is 1. The van der Waals surface area contributed by atoms with Crippen LogP contribution in [0.3, 0.4) is 0 Å². The molecule has 0 aliphatic carbocycles. The van der Waals surface area contributed by atoms with Gasteiger partial charge in [-0.05, 0) is 25.5 Å². The second-order valence-electron chi connectivity index (χ2n) is 4.37. The molecule has 2 aromatic rings. The van der Waals surface area contributed by atoms with E-state index in [-0.39, 0.29) is 11.5 Å². The number of aromatic nitrogens is 2. The summed E-state index contributed by atoms with van der Waals surface area (Å²) in [5.41, 5.74) is 0. The molecule has 20 heavy (non-hydrogen) atoms. The first-order chi connectivity index (χ1) is 9.53. The van der Waals surface area contributed by atoms with E-state index in [4.69, 9.17) is 9.52 Å². The Morgan fingerprint density at radius 1 is 1.55 bits per heavy atom. The van der Waals surface area contributed by atoms with Crippen molar-refractivity contribution in [2.75, 3.05) is 6.61 Å². The Morgan fingerprint density at radius 3 is 3.00 bits per heavy atom. The third-order valence-corrected chi connectivity index (χ3v) is 4.26. The standard InChI is InChI=1S/C12H17N3O4S/c1-10(12-4-2-7-19-12)14-20(17,18)11-8-13-15(9-11)5-3-6-16/h2,4,7-10,14,16H,3,5-6H2,1H3. The minimum atomic E-state index is -3.65. The first-order valence-electron chi connectivity index (χ1n) is 6.22. The molecule has 2 heterocycles. The van der Waals surface area contributed by atoms with Crippen LogP contribution in [0.5, 0.6) is 0 Å². The van der Waals surface area contributed by atoms with Gasteiger partial charge < -0.3 is 9.52 Å². The molecule has 2 aromatic heterocycles. The van der Waals surface area contributed by atoms with Crippen LogP contribution < -0.4 is 4.72 Å². The lowest BCUT2D eigenvalue weighted by Gasteiger charge is -2.10. The molecular formula is C12H17N3O4S. The molecular weight excluding hydrogens is 282 g/mol. The molecule has 8 heteroatoms. The highest BCUT2D eigenvalue weighted by Crippen LogP contribution is 2.16. The van der Waals surface area contributed by atoms with E-state index in [0.717, 1.165) is 0 Å². The van der Waals surface area contributed by atoms with Crippen molar-refractivity contribution in [3.05, 3.63) is 36.5 Å². The van der Waals surface area contributed by atoms with Crippen LogP contribution in [-0.2, 0) is 16.6 Å². The van der Waals surface area contributed by atoms with Crippen LogP contribution in [0.15, 0.2) is 40.1 Å². The second kappa shape index (κ2) is 6.21. The van der Waals surface area contributed by atoms with Gasteiger partial charge in [0.2, 0.25) is 10.0 Å². The van der Waals surface area contributed by atoms with E-state index in [0.29, 0.717) is 18.7 Å². The zero-order valence-electron chi connectivity index (χ0n) is 11.1. The van der Waals surface area contributed by atoms with Gasteiger partial charge in [0.15, 0.2) is 0 Å². The molecule has 0 aromatic carbocycles. The summed E-state index contributed by atoms with van der Waals surface area (Å²) in [6.07, 6.45) is 4.74. The van der Waals surface area contributed by atoms with Crippen LogP contribution in [0.1, 0.15) is 25.1 Å². The van der Waals surface area contributed by atoms with Crippen LogP contribution in [0.25, 0.3) is 0 Å². The van der Waals surface area contributed by atoms with Crippen molar-refractivity contribution in [3.8, 4) is 0 Å². The first-order valence-corrected chi connectivity index (χ1v) is 7.70. The summed E-state index contributed by atoms with van der Waals surface area (Å²) in [5, 5.41) is 12.7. The molecule has 0 spiro atoms. The van der Waals surface area contributed by atoms with Crippen molar-refractivity contribution in [1.29, 1.82) is 0 Å². The zero-order chi connectivity index (χ0) is 14.6. The Bertz CT molecular complexity index is 633. The van der Waals surface area contributed by atoms with Gasteiger partial charge in [-0.25, -0.2) is 13.1 Å². The number of rotatable bonds is 7. The fourth-order valence-corrected chi connectivity index (χ4v) is 2.90. The highest BCUT2D eigenvalue weighted by molar-refractivity contribution is 7.89. The lowest BCUT2D eigenvalue weighted by molar-refractivity contribution is 0.277. The normalized spacial score (nSPS) is 13.5. The maximum Gasteiger partial charge on any atom is 0.244 e. The monoisotopic (exact) mass is 299 g/mol. The van der Waals surface area contributed by atoms with Crippen molar-refractivity contribution in [2.24, 2.45) is 0 Å². The summed E-state index contributed by atoms with van der Waals surface area (Å²) in [6, 6.07) is 2.95. The number of nitrogens with one attached hydrogen (secondary N) is 1. The number of hydrogen-bond acceptors (Lipinski definition) is 5. The quantitative estimate of drug-likeness (QED) is 0.791. The molecule has 0 saturated heterocycles. The maximum atomic E-state index is 12.2. The molecule has 1 unspecified atom stereocenters. The van der Waals surface area contributed by atoms with Crippen molar-refractivity contribution in [1.82, 2.24) is 14.5 Å². The van der Waals surface area contributed by atoms with Crippen LogP contribution >= 0.6 is 0 Å². The average molecular weight is 299 g/mol. The Morgan fingerprint density at radius 2 is 2.35 bits per heavy atom. The smallest absolute Gasteiger partial charge is 0.244 e. The van der Waals surface area contributed by atoms with E-state index < -0.39 is 16.1 Å². The van der Waals surface area contributed by atoms with E-state index in [1.807, 2.05) is 0 Å². The predicted molar refractivity (Wildman–Crippen MR) is 71.4 cm³/mol. The molecule has 1 atom stereocenters. The summed E-state index contributed by atoms with van der Waals surface area (Å²) in [6.45, 7) is 2.21. The van der Waals surface area contributed by atoms with Gasteiger partial charge in [-0.2, -0.15) is 5.10 Å². The summed E-state index contributed by atoms with van der Waals surface area (Å²) in [4.78, 5) is 0.0915.